The minimum atomic E-state index is -3.17. The SMILES string of the molecule is O=[N+]([O-])c1ccc(O[C@H]2CCS(=O)(=O)C2)c([N+](=O)[O-])c1. The number of nitrogens with zero attached hydrogens (tertiary/aromatic N) is 2. The normalized spacial score (nSPS) is 20.5. The average molecular weight is 302 g/mol. The molecule has 0 amide bonds. The molecule has 1 heterocycles. The van der Waals surface area contributed by atoms with Gasteiger partial charge in [-0.2, -0.15) is 0 Å². The Morgan fingerprint density at radius 3 is 2.40 bits per heavy atom. The van der Waals surface area contributed by atoms with Crippen LogP contribution in [0, 0.1) is 20.2 Å². The van der Waals surface area contributed by atoms with E-state index in [1.807, 2.05) is 0 Å². The van der Waals surface area contributed by atoms with Crippen LogP contribution in [0.15, 0.2) is 18.2 Å². The number of hydrogen-bond donors (Lipinski definition) is 0. The Balaban J connectivity index is 2.28. The number of ether oxygens (including phenoxy) is 1. The average Bonchev–Trinajstić information content (AvgIpc) is 2.68. The molecule has 1 aromatic carbocycles. The van der Waals surface area contributed by atoms with Gasteiger partial charge in [0, 0.05) is 6.07 Å². The fraction of sp³-hybridized carbons (Fsp3) is 0.400. The van der Waals surface area contributed by atoms with Gasteiger partial charge in [-0.05, 0) is 12.5 Å². The molecule has 0 unspecified atom stereocenters. The van der Waals surface area contributed by atoms with Gasteiger partial charge in [0.2, 0.25) is 0 Å². The molecule has 1 aliphatic heterocycles. The zero-order valence-electron chi connectivity index (χ0n) is 10.1. The van der Waals surface area contributed by atoms with Crippen molar-refractivity contribution < 1.29 is 23.0 Å². The Bertz CT molecular complexity index is 670. The molecule has 0 aliphatic carbocycles. The number of rotatable bonds is 4. The lowest BCUT2D eigenvalue weighted by Crippen LogP contribution is -2.18. The molecular formula is C10H10N2O7S. The molecule has 9 nitrogen and oxygen atoms in total. The van der Waals surface area contributed by atoms with Crippen LogP contribution in [-0.2, 0) is 9.84 Å². The summed E-state index contributed by atoms with van der Waals surface area (Å²) in [6, 6.07) is 2.98. The van der Waals surface area contributed by atoms with E-state index in [4.69, 9.17) is 4.74 Å². The molecule has 1 aromatic rings. The largest absolute Gasteiger partial charge is 0.482 e. The van der Waals surface area contributed by atoms with E-state index in [2.05, 4.69) is 0 Å². The number of hydrogen-bond acceptors (Lipinski definition) is 7. The molecule has 0 saturated carbocycles. The molecule has 1 aliphatic rings. The molecule has 10 heteroatoms. The summed E-state index contributed by atoms with van der Waals surface area (Å²) < 4.78 is 27.9. The van der Waals surface area contributed by atoms with Gasteiger partial charge in [-0.25, -0.2) is 8.42 Å². The monoisotopic (exact) mass is 302 g/mol. The standard InChI is InChI=1S/C10H10N2O7S/c13-11(14)7-1-2-10(9(5-7)12(15)16)19-8-3-4-20(17,18)6-8/h1-2,5,8H,3-4,6H2/t8-/m0/s1. The number of nitro benzene ring substituents is 2. The molecule has 20 heavy (non-hydrogen) atoms. The van der Waals surface area contributed by atoms with E-state index < -0.39 is 37.2 Å². The number of benzene rings is 1. The maximum Gasteiger partial charge on any atom is 0.317 e. The van der Waals surface area contributed by atoms with Crippen molar-refractivity contribution in [2.45, 2.75) is 12.5 Å². The second-order valence-corrected chi connectivity index (χ2v) is 6.54. The van der Waals surface area contributed by atoms with E-state index in [9.17, 15) is 28.6 Å². The Labute approximate surface area is 113 Å². The molecule has 0 aromatic heterocycles. The highest BCUT2D eigenvalue weighted by Crippen LogP contribution is 2.33. The number of nitro groups is 2. The summed E-state index contributed by atoms with van der Waals surface area (Å²) in [5, 5.41) is 21.5. The van der Waals surface area contributed by atoms with E-state index in [1.54, 1.807) is 0 Å². The van der Waals surface area contributed by atoms with E-state index in [-0.39, 0.29) is 23.7 Å². The van der Waals surface area contributed by atoms with E-state index in [0.29, 0.717) is 0 Å². The van der Waals surface area contributed by atoms with Crippen LogP contribution in [0.25, 0.3) is 0 Å². The van der Waals surface area contributed by atoms with Crippen LogP contribution in [-0.4, -0.2) is 35.9 Å². The molecule has 1 fully saturated rings. The molecule has 0 N–H and O–H groups in total. The first-order valence-corrected chi connectivity index (χ1v) is 7.40. The van der Waals surface area contributed by atoms with Crippen LogP contribution >= 0.6 is 0 Å². The van der Waals surface area contributed by atoms with E-state index in [0.717, 1.165) is 18.2 Å². The zero-order valence-corrected chi connectivity index (χ0v) is 10.9. The lowest BCUT2D eigenvalue weighted by molar-refractivity contribution is -0.394. The summed E-state index contributed by atoms with van der Waals surface area (Å²) in [6.45, 7) is 0. The fourth-order valence-corrected chi connectivity index (χ4v) is 3.48. The molecule has 2 rings (SSSR count). The smallest absolute Gasteiger partial charge is 0.317 e. The van der Waals surface area contributed by atoms with Crippen LogP contribution in [0.4, 0.5) is 11.4 Å². The van der Waals surface area contributed by atoms with Crippen molar-refractivity contribution in [1.29, 1.82) is 0 Å². The topological polar surface area (TPSA) is 130 Å². The van der Waals surface area contributed by atoms with E-state index >= 15 is 0 Å². The second kappa shape index (κ2) is 5.04. The van der Waals surface area contributed by atoms with Gasteiger partial charge in [-0.1, -0.05) is 0 Å². The summed E-state index contributed by atoms with van der Waals surface area (Å²) in [7, 11) is -3.17. The second-order valence-electron chi connectivity index (χ2n) is 4.31. The maximum absolute atomic E-state index is 11.3. The third-order valence-electron chi connectivity index (χ3n) is 2.83. The zero-order chi connectivity index (χ0) is 14.9. The van der Waals surface area contributed by atoms with Crippen LogP contribution < -0.4 is 4.74 Å². The summed E-state index contributed by atoms with van der Waals surface area (Å²) in [4.78, 5) is 19.9. The minimum absolute atomic E-state index is 0.0293. The van der Waals surface area contributed by atoms with Gasteiger partial charge in [-0.15, -0.1) is 0 Å². The van der Waals surface area contributed by atoms with Gasteiger partial charge in [-0.3, -0.25) is 20.2 Å². The Hall–Kier alpha value is -2.23. The molecule has 0 bridgehead atoms. The lowest BCUT2D eigenvalue weighted by Gasteiger charge is -2.11. The maximum atomic E-state index is 11.3. The Kier molecular flexibility index (Phi) is 3.57. The van der Waals surface area contributed by atoms with Crippen LogP contribution in [0.1, 0.15) is 6.42 Å². The van der Waals surface area contributed by atoms with Crippen molar-refractivity contribution in [2.24, 2.45) is 0 Å². The van der Waals surface area contributed by atoms with Crippen molar-refractivity contribution in [3.63, 3.8) is 0 Å². The molecular weight excluding hydrogens is 292 g/mol. The first-order chi connectivity index (χ1) is 9.28. The summed E-state index contributed by atoms with van der Waals surface area (Å²) in [5.74, 6) is -0.401. The Morgan fingerprint density at radius 1 is 1.20 bits per heavy atom. The summed E-state index contributed by atoms with van der Waals surface area (Å²) >= 11 is 0. The summed E-state index contributed by atoms with van der Waals surface area (Å²) in [5.41, 5.74) is -0.980. The first-order valence-electron chi connectivity index (χ1n) is 5.58. The quantitative estimate of drug-likeness (QED) is 0.600. The van der Waals surface area contributed by atoms with Crippen LogP contribution in [0.3, 0.4) is 0 Å². The van der Waals surface area contributed by atoms with Crippen molar-refractivity contribution in [3.8, 4) is 5.75 Å². The van der Waals surface area contributed by atoms with E-state index in [1.165, 1.54) is 0 Å². The third kappa shape index (κ3) is 3.02. The first kappa shape index (κ1) is 14.2. The lowest BCUT2D eigenvalue weighted by atomic mass is 10.2. The van der Waals surface area contributed by atoms with Crippen molar-refractivity contribution in [1.82, 2.24) is 0 Å². The fourth-order valence-electron chi connectivity index (χ4n) is 1.90. The molecule has 1 saturated heterocycles. The highest BCUT2D eigenvalue weighted by atomic mass is 32.2. The van der Waals surface area contributed by atoms with Crippen molar-refractivity contribution in [3.05, 3.63) is 38.4 Å². The van der Waals surface area contributed by atoms with Gasteiger partial charge in [0.05, 0.1) is 27.4 Å². The molecule has 108 valence electrons. The summed E-state index contributed by atoms with van der Waals surface area (Å²) in [6.07, 6.45) is -0.420. The minimum Gasteiger partial charge on any atom is -0.482 e. The molecule has 0 spiro atoms. The highest BCUT2D eigenvalue weighted by Gasteiger charge is 2.31. The van der Waals surface area contributed by atoms with Gasteiger partial charge in [0.25, 0.3) is 5.69 Å². The van der Waals surface area contributed by atoms with Crippen LogP contribution in [0.5, 0.6) is 5.75 Å². The molecule has 1 atom stereocenters. The predicted octanol–water partition coefficient (Wildman–Crippen LogP) is 1.07. The van der Waals surface area contributed by atoms with Gasteiger partial charge < -0.3 is 4.74 Å². The predicted molar refractivity (Wildman–Crippen MR) is 67.4 cm³/mol. The number of sulfone groups is 1. The van der Waals surface area contributed by atoms with Crippen molar-refractivity contribution >= 4 is 21.2 Å². The highest BCUT2D eigenvalue weighted by molar-refractivity contribution is 7.91. The van der Waals surface area contributed by atoms with Gasteiger partial charge in [0.15, 0.2) is 15.6 Å². The van der Waals surface area contributed by atoms with Gasteiger partial charge >= 0.3 is 5.69 Å². The van der Waals surface area contributed by atoms with Crippen LogP contribution in [0.2, 0.25) is 0 Å². The van der Waals surface area contributed by atoms with Crippen molar-refractivity contribution in [2.75, 3.05) is 11.5 Å². The third-order valence-corrected chi connectivity index (χ3v) is 4.57. The molecule has 0 radical (unpaired) electrons. The van der Waals surface area contributed by atoms with Gasteiger partial charge in [0.1, 0.15) is 6.10 Å². The number of non-ortho nitro benzene ring substituents is 1. The Morgan fingerprint density at radius 2 is 1.90 bits per heavy atom.